The molecule has 1 N–H and O–H groups in total. The van der Waals surface area contributed by atoms with Crippen LogP contribution in [-0.2, 0) is 4.79 Å². The van der Waals surface area contributed by atoms with Gasteiger partial charge < -0.3 is 19.5 Å². The minimum absolute atomic E-state index is 0.0263. The van der Waals surface area contributed by atoms with Crippen molar-refractivity contribution in [2.75, 3.05) is 19.5 Å². The van der Waals surface area contributed by atoms with Crippen molar-refractivity contribution in [1.29, 1.82) is 0 Å². The Bertz CT molecular complexity index is 668. The van der Waals surface area contributed by atoms with Gasteiger partial charge in [0.15, 0.2) is 17.7 Å². The van der Waals surface area contributed by atoms with Crippen LogP contribution in [0.2, 0.25) is 0 Å². The third-order valence-electron chi connectivity index (χ3n) is 3.13. The second kappa shape index (κ2) is 7.49. The standard InChI is InChI=1S/C17H18FNO4/c1-11(23-16-7-5-4-6-15(16)18)17(20)19-12-8-13(21-2)10-14(9-12)22-3/h4-11H,1-3H3,(H,19,20)/t11-/m0/s1. The summed E-state index contributed by atoms with van der Waals surface area (Å²) in [5.74, 6) is 0.182. The number of ether oxygens (including phenoxy) is 3. The van der Waals surface area contributed by atoms with E-state index in [0.29, 0.717) is 17.2 Å². The molecule has 5 nitrogen and oxygen atoms in total. The van der Waals surface area contributed by atoms with Gasteiger partial charge in [-0.25, -0.2) is 4.39 Å². The Labute approximate surface area is 134 Å². The predicted molar refractivity (Wildman–Crippen MR) is 84.7 cm³/mol. The van der Waals surface area contributed by atoms with Gasteiger partial charge in [0.05, 0.1) is 14.2 Å². The minimum Gasteiger partial charge on any atom is -0.497 e. The van der Waals surface area contributed by atoms with Crippen LogP contribution in [0.25, 0.3) is 0 Å². The Kier molecular flexibility index (Phi) is 5.41. The topological polar surface area (TPSA) is 56.8 Å². The van der Waals surface area contributed by atoms with Gasteiger partial charge in [0, 0.05) is 23.9 Å². The molecule has 1 amide bonds. The number of benzene rings is 2. The van der Waals surface area contributed by atoms with E-state index in [4.69, 9.17) is 14.2 Å². The molecule has 0 aliphatic heterocycles. The highest BCUT2D eigenvalue weighted by molar-refractivity contribution is 5.94. The van der Waals surface area contributed by atoms with Gasteiger partial charge in [-0.2, -0.15) is 0 Å². The normalized spacial score (nSPS) is 11.5. The summed E-state index contributed by atoms with van der Waals surface area (Å²) in [6.45, 7) is 1.54. The van der Waals surface area contributed by atoms with Crippen LogP contribution in [0, 0.1) is 5.82 Å². The lowest BCUT2D eigenvalue weighted by atomic mass is 10.2. The Morgan fingerprint density at radius 1 is 1.09 bits per heavy atom. The van der Waals surface area contributed by atoms with Crippen LogP contribution in [0.1, 0.15) is 6.92 Å². The largest absolute Gasteiger partial charge is 0.497 e. The van der Waals surface area contributed by atoms with Gasteiger partial charge >= 0.3 is 0 Å². The van der Waals surface area contributed by atoms with E-state index in [2.05, 4.69) is 5.32 Å². The van der Waals surface area contributed by atoms with Gasteiger partial charge in [-0.1, -0.05) is 12.1 Å². The maximum Gasteiger partial charge on any atom is 0.265 e. The molecule has 1 atom stereocenters. The number of amides is 1. The third kappa shape index (κ3) is 4.35. The van der Waals surface area contributed by atoms with Crippen molar-refractivity contribution in [2.45, 2.75) is 13.0 Å². The summed E-state index contributed by atoms with van der Waals surface area (Å²) in [4.78, 5) is 12.2. The summed E-state index contributed by atoms with van der Waals surface area (Å²) in [5, 5.41) is 2.68. The maximum atomic E-state index is 13.5. The van der Waals surface area contributed by atoms with Gasteiger partial charge in [0.1, 0.15) is 11.5 Å². The predicted octanol–water partition coefficient (Wildman–Crippen LogP) is 3.25. The molecule has 23 heavy (non-hydrogen) atoms. The summed E-state index contributed by atoms with van der Waals surface area (Å²) in [6, 6.07) is 10.9. The quantitative estimate of drug-likeness (QED) is 0.888. The van der Waals surface area contributed by atoms with Gasteiger partial charge in [-0.05, 0) is 19.1 Å². The number of hydrogen-bond acceptors (Lipinski definition) is 4. The molecule has 0 fully saturated rings. The van der Waals surface area contributed by atoms with Crippen molar-refractivity contribution in [3.63, 3.8) is 0 Å². The Morgan fingerprint density at radius 2 is 1.70 bits per heavy atom. The van der Waals surface area contributed by atoms with E-state index in [1.165, 1.54) is 26.4 Å². The molecule has 2 rings (SSSR count). The molecule has 0 saturated carbocycles. The molecule has 0 saturated heterocycles. The highest BCUT2D eigenvalue weighted by Gasteiger charge is 2.17. The summed E-state index contributed by atoms with van der Waals surface area (Å²) in [5.41, 5.74) is 0.496. The van der Waals surface area contributed by atoms with Crippen LogP contribution in [0.5, 0.6) is 17.2 Å². The SMILES string of the molecule is COc1cc(NC(=O)[C@H](C)Oc2ccccc2F)cc(OC)c1. The fourth-order valence-electron chi connectivity index (χ4n) is 1.91. The molecule has 0 aromatic heterocycles. The highest BCUT2D eigenvalue weighted by atomic mass is 19.1. The van der Waals surface area contributed by atoms with Crippen LogP contribution in [-0.4, -0.2) is 26.2 Å². The monoisotopic (exact) mass is 319 g/mol. The van der Waals surface area contributed by atoms with E-state index in [0.717, 1.165) is 0 Å². The zero-order valence-corrected chi connectivity index (χ0v) is 13.1. The van der Waals surface area contributed by atoms with Crippen LogP contribution in [0.4, 0.5) is 10.1 Å². The summed E-state index contributed by atoms with van der Waals surface area (Å²) in [6.07, 6.45) is -0.871. The Morgan fingerprint density at radius 3 is 2.26 bits per heavy atom. The van der Waals surface area contributed by atoms with Crippen molar-refractivity contribution >= 4 is 11.6 Å². The number of carbonyl (C=O) groups excluding carboxylic acids is 1. The highest BCUT2D eigenvalue weighted by Crippen LogP contribution is 2.26. The molecule has 2 aromatic rings. The number of anilines is 1. The lowest BCUT2D eigenvalue weighted by molar-refractivity contribution is -0.122. The third-order valence-corrected chi connectivity index (χ3v) is 3.13. The van der Waals surface area contributed by atoms with Crippen molar-refractivity contribution in [3.8, 4) is 17.2 Å². The minimum atomic E-state index is -0.871. The van der Waals surface area contributed by atoms with Crippen molar-refractivity contribution in [3.05, 3.63) is 48.3 Å². The molecule has 0 heterocycles. The average Bonchev–Trinajstić information content (AvgIpc) is 2.56. The lowest BCUT2D eigenvalue weighted by Gasteiger charge is -2.16. The van der Waals surface area contributed by atoms with Crippen molar-refractivity contribution < 1.29 is 23.4 Å². The average molecular weight is 319 g/mol. The molecule has 0 aliphatic rings. The van der Waals surface area contributed by atoms with Gasteiger partial charge in [0.2, 0.25) is 0 Å². The van der Waals surface area contributed by atoms with E-state index >= 15 is 0 Å². The van der Waals surface area contributed by atoms with Crippen LogP contribution >= 0.6 is 0 Å². The van der Waals surface area contributed by atoms with Crippen molar-refractivity contribution in [2.24, 2.45) is 0 Å². The molecule has 2 aromatic carbocycles. The Hall–Kier alpha value is -2.76. The molecule has 0 unspecified atom stereocenters. The van der Waals surface area contributed by atoms with E-state index < -0.39 is 17.8 Å². The van der Waals surface area contributed by atoms with E-state index in [1.807, 2.05) is 0 Å². The van der Waals surface area contributed by atoms with Gasteiger partial charge in [-0.15, -0.1) is 0 Å². The number of carbonyl (C=O) groups is 1. The first-order valence-corrected chi connectivity index (χ1v) is 6.98. The fraction of sp³-hybridized carbons (Fsp3) is 0.235. The summed E-state index contributed by atoms with van der Waals surface area (Å²) < 4.78 is 29.2. The van der Waals surface area contributed by atoms with Gasteiger partial charge in [0.25, 0.3) is 5.91 Å². The number of halogens is 1. The summed E-state index contributed by atoms with van der Waals surface area (Å²) in [7, 11) is 3.04. The van der Waals surface area contributed by atoms with E-state index in [-0.39, 0.29) is 5.75 Å². The molecule has 122 valence electrons. The molecule has 0 aliphatic carbocycles. The van der Waals surface area contributed by atoms with E-state index in [1.54, 1.807) is 37.3 Å². The number of methoxy groups -OCH3 is 2. The lowest BCUT2D eigenvalue weighted by Crippen LogP contribution is -2.30. The number of nitrogens with one attached hydrogen (secondary N) is 1. The molecule has 0 spiro atoms. The second-order valence-corrected chi connectivity index (χ2v) is 4.78. The van der Waals surface area contributed by atoms with Crippen molar-refractivity contribution in [1.82, 2.24) is 0 Å². The van der Waals surface area contributed by atoms with Crippen LogP contribution in [0.3, 0.4) is 0 Å². The zero-order valence-electron chi connectivity index (χ0n) is 13.1. The first-order valence-electron chi connectivity index (χ1n) is 6.98. The number of hydrogen-bond donors (Lipinski definition) is 1. The molecule has 0 radical (unpaired) electrons. The second-order valence-electron chi connectivity index (χ2n) is 4.78. The van der Waals surface area contributed by atoms with Gasteiger partial charge in [-0.3, -0.25) is 4.79 Å². The fourth-order valence-corrected chi connectivity index (χ4v) is 1.91. The summed E-state index contributed by atoms with van der Waals surface area (Å²) >= 11 is 0. The van der Waals surface area contributed by atoms with E-state index in [9.17, 15) is 9.18 Å². The van der Waals surface area contributed by atoms with Crippen LogP contribution < -0.4 is 19.5 Å². The number of rotatable bonds is 6. The Balaban J connectivity index is 2.08. The first kappa shape index (κ1) is 16.6. The molecule has 0 bridgehead atoms. The zero-order chi connectivity index (χ0) is 16.8. The maximum absolute atomic E-state index is 13.5. The number of para-hydroxylation sites is 1. The smallest absolute Gasteiger partial charge is 0.265 e. The van der Waals surface area contributed by atoms with Crippen LogP contribution in [0.15, 0.2) is 42.5 Å². The molecule has 6 heteroatoms. The molecular formula is C17H18FNO4. The first-order chi connectivity index (χ1) is 11.0. The molecular weight excluding hydrogens is 301 g/mol.